The highest BCUT2D eigenvalue weighted by Crippen LogP contribution is 2.17. The summed E-state index contributed by atoms with van der Waals surface area (Å²) in [6, 6.07) is 9.09. The standard InChI is InChI=1S/C17H19BrN4O2/c1-11-8-15(16(23)21-13-5-2-4-12(18)9-13)22-17(20-11)19-10-14-6-3-7-24-14/h2,4-5,8-9,14H,3,6-7,10H2,1H3,(H,21,23)(H,19,20,22). The Bertz CT molecular complexity index is 732. The van der Waals surface area contributed by atoms with Crippen molar-refractivity contribution in [3.63, 3.8) is 0 Å². The molecule has 1 aromatic carbocycles. The lowest BCUT2D eigenvalue weighted by Gasteiger charge is -2.12. The number of aromatic nitrogens is 2. The van der Waals surface area contributed by atoms with E-state index in [4.69, 9.17) is 4.74 Å². The van der Waals surface area contributed by atoms with Crippen molar-refractivity contribution in [3.8, 4) is 0 Å². The van der Waals surface area contributed by atoms with E-state index in [1.165, 1.54) is 0 Å². The van der Waals surface area contributed by atoms with E-state index >= 15 is 0 Å². The van der Waals surface area contributed by atoms with Gasteiger partial charge in [0.05, 0.1) is 6.10 Å². The second-order valence-corrected chi connectivity index (χ2v) is 6.61. The smallest absolute Gasteiger partial charge is 0.274 e. The van der Waals surface area contributed by atoms with Gasteiger partial charge in [0.15, 0.2) is 0 Å². The predicted octanol–water partition coefficient (Wildman–Crippen LogP) is 3.39. The number of hydrogen-bond donors (Lipinski definition) is 2. The van der Waals surface area contributed by atoms with Gasteiger partial charge in [-0.3, -0.25) is 4.79 Å². The first kappa shape index (κ1) is 16.9. The number of rotatable bonds is 5. The lowest BCUT2D eigenvalue weighted by molar-refractivity contribution is 0.102. The molecule has 1 unspecified atom stereocenters. The minimum Gasteiger partial charge on any atom is -0.376 e. The zero-order valence-corrected chi connectivity index (χ0v) is 15.0. The Morgan fingerprint density at radius 1 is 1.38 bits per heavy atom. The Balaban J connectivity index is 1.68. The summed E-state index contributed by atoms with van der Waals surface area (Å²) >= 11 is 3.39. The van der Waals surface area contributed by atoms with E-state index in [1.807, 2.05) is 31.2 Å². The first-order chi connectivity index (χ1) is 11.6. The molecule has 3 rings (SSSR count). The Morgan fingerprint density at radius 3 is 3.00 bits per heavy atom. The Morgan fingerprint density at radius 2 is 2.25 bits per heavy atom. The van der Waals surface area contributed by atoms with Crippen molar-refractivity contribution in [3.05, 3.63) is 46.2 Å². The Labute approximate surface area is 149 Å². The normalized spacial score (nSPS) is 16.8. The molecule has 0 bridgehead atoms. The van der Waals surface area contributed by atoms with Gasteiger partial charge in [0.25, 0.3) is 5.91 Å². The van der Waals surface area contributed by atoms with Gasteiger partial charge in [-0.1, -0.05) is 22.0 Å². The van der Waals surface area contributed by atoms with E-state index in [0.29, 0.717) is 23.9 Å². The van der Waals surface area contributed by atoms with Crippen LogP contribution in [0.15, 0.2) is 34.8 Å². The molecule has 2 N–H and O–H groups in total. The summed E-state index contributed by atoms with van der Waals surface area (Å²) in [6.45, 7) is 3.30. The maximum Gasteiger partial charge on any atom is 0.274 e. The van der Waals surface area contributed by atoms with Crippen LogP contribution in [0.25, 0.3) is 0 Å². The van der Waals surface area contributed by atoms with Crippen LogP contribution in [0.3, 0.4) is 0 Å². The van der Waals surface area contributed by atoms with E-state index in [2.05, 4.69) is 36.5 Å². The zero-order chi connectivity index (χ0) is 16.9. The van der Waals surface area contributed by atoms with Crippen LogP contribution in [0.5, 0.6) is 0 Å². The van der Waals surface area contributed by atoms with E-state index in [-0.39, 0.29) is 12.0 Å². The minimum absolute atomic E-state index is 0.188. The Kier molecular flexibility index (Phi) is 5.42. The van der Waals surface area contributed by atoms with Gasteiger partial charge in [-0.15, -0.1) is 0 Å². The fraction of sp³-hybridized carbons (Fsp3) is 0.353. The molecule has 1 aliphatic rings. The molecule has 2 aromatic rings. The monoisotopic (exact) mass is 390 g/mol. The summed E-state index contributed by atoms with van der Waals surface area (Å²) < 4.78 is 6.47. The largest absolute Gasteiger partial charge is 0.376 e. The number of nitrogens with one attached hydrogen (secondary N) is 2. The van der Waals surface area contributed by atoms with Crippen LogP contribution in [-0.4, -0.2) is 35.1 Å². The summed E-state index contributed by atoms with van der Waals surface area (Å²) in [5.74, 6) is 0.184. The van der Waals surface area contributed by atoms with Crippen LogP contribution in [0.2, 0.25) is 0 Å². The Hall–Kier alpha value is -1.99. The first-order valence-electron chi connectivity index (χ1n) is 7.88. The van der Waals surface area contributed by atoms with Crippen LogP contribution >= 0.6 is 15.9 Å². The maximum atomic E-state index is 12.4. The van der Waals surface area contributed by atoms with E-state index in [0.717, 1.165) is 29.6 Å². The quantitative estimate of drug-likeness (QED) is 0.817. The van der Waals surface area contributed by atoms with Crippen LogP contribution in [0, 0.1) is 6.92 Å². The fourth-order valence-electron chi connectivity index (χ4n) is 2.54. The van der Waals surface area contributed by atoms with Crippen LogP contribution in [0.1, 0.15) is 29.0 Å². The van der Waals surface area contributed by atoms with Crippen molar-refractivity contribution in [2.45, 2.75) is 25.9 Å². The van der Waals surface area contributed by atoms with Gasteiger partial charge in [-0.2, -0.15) is 0 Å². The summed E-state index contributed by atoms with van der Waals surface area (Å²) in [6.07, 6.45) is 2.31. The molecule has 2 heterocycles. The summed E-state index contributed by atoms with van der Waals surface area (Å²) in [4.78, 5) is 21.1. The van der Waals surface area contributed by atoms with Gasteiger partial charge >= 0.3 is 0 Å². The molecule has 0 aliphatic carbocycles. The number of ether oxygens (including phenoxy) is 1. The summed E-state index contributed by atoms with van der Waals surface area (Å²) in [7, 11) is 0. The van der Waals surface area contributed by atoms with Gasteiger partial charge in [-0.05, 0) is 44.0 Å². The van der Waals surface area contributed by atoms with E-state index in [9.17, 15) is 4.79 Å². The second kappa shape index (κ2) is 7.72. The molecule has 1 amide bonds. The zero-order valence-electron chi connectivity index (χ0n) is 13.4. The lowest BCUT2D eigenvalue weighted by atomic mass is 10.2. The molecule has 0 saturated carbocycles. The number of carbonyl (C=O) groups is 1. The minimum atomic E-state index is -0.265. The van der Waals surface area contributed by atoms with E-state index < -0.39 is 0 Å². The molecular formula is C17H19BrN4O2. The van der Waals surface area contributed by atoms with Gasteiger partial charge in [0.2, 0.25) is 5.95 Å². The second-order valence-electron chi connectivity index (χ2n) is 5.70. The van der Waals surface area contributed by atoms with Crippen LogP contribution in [-0.2, 0) is 4.74 Å². The highest BCUT2D eigenvalue weighted by molar-refractivity contribution is 9.10. The predicted molar refractivity (Wildman–Crippen MR) is 96.3 cm³/mol. The maximum absolute atomic E-state index is 12.4. The molecule has 7 heteroatoms. The number of halogens is 1. The van der Waals surface area contributed by atoms with Gasteiger partial charge in [0, 0.05) is 29.0 Å². The van der Waals surface area contributed by atoms with Crippen molar-refractivity contribution in [1.29, 1.82) is 0 Å². The van der Waals surface area contributed by atoms with Gasteiger partial charge < -0.3 is 15.4 Å². The topological polar surface area (TPSA) is 76.1 Å². The number of carbonyl (C=O) groups excluding carboxylic acids is 1. The molecule has 6 nitrogen and oxygen atoms in total. The van der Waals surface area contributed by atoms with Gasteiger partial charge in [0.1, 0.15) is 5.69 Å². The third-order valence-electron chi connectivity index (χ3n) is 3.68. The molecule has 0 radical (unpaired) electrons. The summed E-state index contributed by atoms with van der Waals surface area (Å²) in [5, 5.41) is 6.00. The number of anilines is 2. The lowest BCUT2D eigenvalue weighted by Crippen LogP contribution is -2.21. The average Bonchev–Trinajstić information content (AvgIpc) is 3.06. The van der Waals surface area contributed by atoms with Gasteiger partial charge in [-0.25, -0.2) is 9.97 Å². The number of aryl methyl sites for hydroxylation is 1. The first-order valence-corrected chi connectivity index (χ1v) is 8.67. The molecular weight excluding hydrogens is 372 g/mol. The average molecular weight is 391 g/mol. The molecule has 1 saturated heterocycles. The fourth-order valence-corrected chi connectivity index (χ4v) is 2.93. The molecule has 126 valence electrons. The third kappa shape index (κ3) is 4.52. The molecule has 1 aliphatic heterocycles. The third-order valence-corrected chi connectivity index (χ3v) is 4.17. The molecule has 24 heavy (non-hydrogen) atoms. The molecule has 1 fully saturated rings. The van der Waals surface area contributed by atoms with Crippen LogP contribution in [0.4, 0.5) is 11.6 Å². The van der Waals surface area contributed by atoms with Crippen LogP contribution < -0.4 is 10.6 Å². The van der Waals surface area contributed by atoms with Crippen molar-refractivity contribution < 1.29 is 9.53 Å². The van der Waals surface area contributed by atoms with Crippen molar-refractivity contribution in [1.82, 2.24) is 9.97 Å². The molecule has 0 spiro atoms. The highest BCUT2D eigenvalue weighted by Gasteiger charge is 2.16. The van der Waals surface area contributed by atoms with Crippen molar-refractivity contribution >= 4 is 33.5 Å². The number of benzene rings is 1. The number of amides is 1. The molecule has 1 aromatic heterocycles. The summed E-state index contributed by atoms with van der Waals surface area (Å²) in [5.41, 5.74) is 1.77. The number of hydrogen-bond acceptors (Lipinski definition) is 5. The highest BCUT2D eigenvalue weighted by atomic mass is 79.9. The number of nitrogens with zero attached hydrogens (tertiary/aromatic N) is 2. The SMILES string of the molecule is Cc1cc(C(=O)Nc2cccc(Br)c2)nc(NCC2CCCO2)n1. The van der Waals surface area contributed by atoms with Crippen molar-refractivity contribution in [2.75, 3.05) is 23.8 Å². The molecule has 1 atom stereocenters. The van der Waals surface area contributed by atoms with Crippen molar-refractivity contribution in [2.24, 2.45) is 0 Å². The van der Waals surface area contributed by atoms with E-state index in [1.54, 1.807) is 6.07 Å².